The highest BCUT2D eigenvalue weighted by atomic mass is 15.2. The summed E-state index contributed by atoms with van der Waals surface area (Å²) in [5.74, 6) is 0. The number of hydrogen-bond donors (Lipinski definition) is 0. The maximum absolute atomic E-state index is 4.39. The number of pyridine rings is 1. The summed E-state index contributed by atoms with van der Waals surface area (Å²) in [6.07, 6.45) is 11.9. The summed E-state index contributed by atoms with van der Waals surface area (Å²) in [5.41, 5.74) is 5.90. The first kappa shape index (κ1) is 9.27. The predicted octanol–water partition coefficient (Wildman–Crippen LogP) is 1.30. The number of hydrogen-bond acceptors (Lipinski definition) is 2. The van der Waals surface area contributed by atoms with Crippen LogP contribution >= 0.6 is 0 Å². The topological polar surface area (TPSA) is 39.2 Å². The zero-order valence-corrected chi connectivity index (χ0v) is 10.1. The highest BCUT2D eigenvalue weighted by molar-refractivity contribution is 5.78. The fraction of sp³-hybridized carbons (Fsp3) is 0.0714. The van der Waals surface area contributed by atoms with E-state index in [0.717, 1.165) is 17.8 Å². The molecule has 5 heteroatoms. The molecule has 0 saturated carbocycles. The standard InChI is InChI=1S/C14H10N5/c1-3-16-12-8-18-9-17-7-10-6-15-4-2-11(10)13(17)14(18)19(12)5-1/h1-6,8-9H,7H2/q+1. The lowest BCUT2D eigenvalue weighted by Gasteiger charge is -1.93. The van der Waals surface area contributed by atoms with Gasteiger partial charge < -0.3 is 0 Å². The molecule has 0 saturated heterocycles. The number of aromatic nitrogens is 5. The minimum absolute atomic E-state index is 0.891. The fourth-order valence-electron chi connectivity index (χ4n) is 2.99. The van der Waals surface area contributed by atoms with Crippen LogP contribution in [0.1, 0.15) is 5.56 Å². The fourth-order valence-corrected chi connectivity index (χ4v) is 2.99. The van der Waals surface area contributed by atoms with E-state index >= 15 is 0 Å². The molecule has 1 aliphatic rings. The lowest BCUT2D eigenvalue weighted by molar-refractivity contribution is -0.510. The quantitative estimate of drug-likeness (QED) is 0.387. The van der Waals surface area contributed by atoms with E-state index in [9.17, 15) is 0 Å². The van der Waals surface area contributed by atoms with Gasteiger partial charge in [0.25, 0.3) is 5.65 Å². The predicted molar refractivity (Wildman–Crippen MR) is 68.7 cm³/mol. The van der Waals surface area contributed by atoms with Crippen LogP contribution in [0.3, 0.4) is 0 Å². The van der Waals surface area contributed by atoms with Crippen LogP contribution in [0, 0.1) is 0 Å². The van der Waals surface area contributed by atoms with E-state index in [0.29, 0.717) is 0 Å². The van der Waals surface area contributed by atoms with Crippen LogP contribution in [-0.4, -0.2) is 18.9 Å². The second kappa shape index (κ2) is 3.00. The van der Waals surface area contributed by atoms with Gasteiger partial charge in [-0.1, -0.05) is 0 Å². The summed E-state index contributed by atoms with van der Waals surface area (Å²) in [5, 5.41) is 0. The molecular weight excluding hydrogens is 238 g/mol. The largest absolute Gasteiger partial charge is 0.279 e. The Morgan fingerprint density at radius 3 is 3.26 bits per heavy atom. The summed E-state index contributed by atoms with van der Waals surface area (Å²) in [4.78, 5) is 8.60. The van der Waals surface area contributed by atoms with Crippen molar-refractivity contribution in [2.45, 2.75) is 6.54 Å². The first-order chi connectivity index (χ1) is 9.42. The Kier molecular flexibility index (Phi) is 1.46. The molecule has 90 valence electrons. The van der Waals surface area contributed by atoms with Crippen molar-refractivity contribution in [2.24, 2.45) is 0 Å². The summed E-state index contributed by atoms with van der Waals surface area (Å²) in [6, 6.07) is 4.05. The van der Waals surface area contributed by atoms with Crippen molar-refractivity contribution in [3.8, 4) is 11.3 Å². The smallest absolute Gasteiger partial charge is 0.264 e. The Labute approximate surface area is 108 Å². The SMILES string of the molecule is c1cnc2c[n+]3cn4c(c3n2c1)-c1ccncc1C4. The van der Waals surface area contributed by atoms with Crippen molar-refractivity contribution in [1.29, 1.82) is 0 Å². The molecule has 0 fully saturated rings. The zero-order chi connectivity index (χ0) is 12.4. The van der Waals surface area contributed by atoms with Gasteiger partial charge in [0.05, 0.1) is 12.7 Å². The molecule has 0 atom stereocenters. The molecule has 4 aromatic heterocycles. The minimum atomic E-state index is 0.891. The van der Waals surface area contributed by atoms with Crippen molar-refractivity contribution in [2.75, 3.05) is 0 Å². The van der Waals surface area contributed by atoms with Gasteiger partial charge >= 0.3 is 0 Å². The molecule has 0 radical (unpaired) electrons. The molecule has 5 heterocycles. The van der Waals surface area contributed by atoms with Gasteiger partial charge in [0.2, 0.25) is 5.65 Å². The molecule has 5 rings (SSSR count). The Balaban J connectivity index is 2.00. The first-order valence-electron chi connectivity index (χ1n) is 6.21. The molecular formula is C14H10N5+. The minimum Gasteiger partial charge on any atom is -0.264 e. The van der Waals surface area contributed by atoms with Crippen LogP contribution in [0.25, 0.3) is 22.6 Å². The van der Waals surface area contributed by atoms with Gasteiger partial charge in [0, 0.05) is 29.7 Å². The molecule has 19 heavy (non-hydrogen) atoms. The molecule has 0 bridgehead atoms. The third kappa shape index (κ3) is 1.03. The van der Waals surface area contributed by atoms with E-state index in [1.807, 2.05) is 24.7 Å². The van der Waals surface area contributed by atoms with E-state index in [1.54, 1.807) is 0 Å². The van der Waals surface area contributed by atoms with Gasteiger partial charge in [-0.15, -0.1) is 0 Å². The van der Waals surface area contributed by atoms with Gasteiger partial charge in [-0.3, -0.25) is 9.55 Å². The third-order valence-corrected chi connectivity index (χ3v) is 3.76. The first-order valence-corrected chi connectivity index (χ1v) is 6.21. The molecule has 0 N–H and O–H groups in total. The van der Waals surface area contributed by atoms with Gasteiger partial charge in [-0.25, -0.2) is 13.8 Å². The normalized spacial score (nSPS) is 13.1. The highest BCUT2D eigenvalue weighted by Gasteiger charge is 2.30. The number of fused-ring (bicyclic) bond motifs is 7. The second-order valence-electron chi connectivity index (χ2n) is 4.83. The average molecular weight is 248 g/mol. The Bertz CT molecular complexity index is 947. The lowest BCUT2D eigenvalue weighted by Crippen LogP contribution is -2.15. The van der Waals surface area contributed by atoms with E-state index in [4.69, 9.17) is 0 Å². The van der Waals surface area contributed by atoms with Crippen molar-refractivity contribution < 1.29 is 4.40 Å². The van der Waals surface area contributed by atoms with Gasteiger partial charge in [0.1, 0.15) is 6.20 Å². The highest BCUT2D eigenvalue weighted by Crippen LogP contribution is 2.33. The van der Waals surface area contributed by atoms with Gasteiger partial charge in [-0.05, 0) is 12.1 Å². The molecule has 1 aliphatic heterocycles. The third-order valence-electron chi connectivity index (χ3n) is 3.76. The monoisotopic (exact) mass is 248 g/mol. The van der Waals surface area contributed by atoms with E-state index in [2.05, 4.69) is 48.1 Å². The maximum Gasteiger partial charge on any atom is 0.279 e. The molecule has 0 spiro atoms. The molecule has 0 amide bonds. The van der Waals surface area contributed by atoms with Crippen LogP contribution in [0.2, 0.25) is 0 Å². The van der Waals surface area contributed by atoms with Gasteiger partial charge in [0.15, 0.2) is 12.0 Å². The number of imidazole rings is 2. The van der Waals surface area contributed by atoms with Crippen LogP contribution in [0.15, 0.2) is 49.4 Å². The maximum atomic E-state index is 4.39. The van der Waals surface area contributed by atoms with E-state index in [-0.39, 0.29) is 0 Å². The van der Waals surface area contributed by atoms with Crippen LogP contribution < -0.4 is 4.40 Å². The molecule has 0 aliphatic carbocycles. The number of nitrogens with zero attached hydrogens (tertiary/aromatic N) is 5. The van der Waals surface area contributed by atoms with Crippen LogP contribution in [0.5, 0.6) is 0 Å². The van der Waals surface area contributed by atoms with Crippen molar-refractivity contribution in [1.82, 2.24) is 18.9 Å². The summed E-state index contributed by atoms with van der Waals surface area (Å²) in [7, 11) is 0. The molecule has 0 aromatic carbocycles. The van der Waals surface area contributed by atoms with Crippen molar-refractivity contribution in [3.63, 3.8) is 0 Å². The molecule has 5 nitrogen and oxygen atoms in total. The Morgan fingerprint density at radius 1 is 1.26 bits per heavy atom. The lowest BCUT2D eigenvalue weighted by atomic mass is 10.1. The Morgan fingerprint density at radius 2 is 2.26 bits per heavy atom. The van der Waals surface area contributed by atoms with Crippen molar-refractivity contribution >= 4 is 11.3 Å². The average Bonchev–Trinajstić information content (AvgIpc) is 3.04. The van der Waals surface area contributed by atoms with Crippen molar-refractivity contribution in [3.05, 3.63) is 55.0 Å². The number of rotatable bonds is 0. The van der Waals surface area contributed by atoms with E-state index < -0.39 is 0 Å². The van der Waals surface area contributed by atoms with Crippen LogP contribution in [-0.2, 0) is 6.54 Å². The second-order valence-corrected chi connectivity index (χ2v) is 4.83. The van der Waals surface area contributed by atoms with Crippen LogP contribution in [0.4, 0.5) is 0 Å². The zero-order valence-electron chi connectivity index (χ0n) is 10.1. The molecule has 4 aromatic rings. The molecule has 0 unspecified atom stereocenters. The Hall–Kier alpha value is -2.69. The summed E-state index contributed by atoms with van der Waals surface area (Å²) in [6.45, 7) is 0.891. The van der Waals surface area contributed by atoms with E-state index in [1.165, 1.54) is 16.8 Å². The van der Waals surface area contributed by atoms with Gasteiger partial charge in [-0.2, -0.15) is 0 Å². The summed E-state index contributed by atoms with van der Waals surface area (Å²) < 4.78 is 6.53. The summed E-state index contributed by atoms with van der Waals surface area (Å²) >= 11 is 0.